The molecule has 1 aromatic carbocycles. The lowest BCUT2D eigenvalue weighted by molar-refractivity contribution is -0.121. The quantitative estimate of drug-likeness (QED) is 0.899. The minimum atomic E-state index is -3.40. The van der Waals surface area contributed by atoms with Gasteiger partial charge in [-0.1, -0.05) is 6.07 Å². The van der Waals surface area contributed by atoms with Gasteiger partial charge in [-0.15, -0.1) is 0 Å². The minimum Gasteiger partial charge on any atom is -0.486 e. The van der Waals surface area contributed by atoms with E-state index in [0.717, 1.165) is 11.8 Å². The summed E-state index contributed by atoms with van der Waals surface area (Å²) in [6.07, 6.45) is 1.05. The summed E-state index contributed by atoms with van der Waals surface area (Å²) >= 11 is 0. The van der Waals surface area contributed by atoms with E-state index in [9.17, 15) is 13.2 Å². The van der Waals surface area contributed by atoms with E-state index in [-0.39, 0.29) is 6.04 Å². The summed E-state index contributed by atoms with van der Waals surface area (Å²) in [5.74, 6) is 0.795. The number of carbonyl (C=O) groups is 1. The van der Waals surface area contributed by atoms with Crippen molar-refractivity contribution in [1.29, 1.82) is 0 Å². The van der Waals surface area contributed by atoms with E-state index in [1.165, 1.54) is 6.92 Å². The molecule has 1 heterocycles. The molecule has 0 saturated heterocycles. The standard InChI is InChI=1S/C14H19NO5S/c1-9(15-14(16)10(2)21(3,17)18)11-4-5-12-13(8-11)20-7-6-19-12/h4-5,8-10H,6-7H2,1-3H3,(H,15,16). The first-order chi connectivity index (χ1) is 9.79. The monoisotopic (exact) mass is 313 g/mol. The Kier molecular flexibility index (Phi) is 4.41. The van der Waals surface area contributed by atoms with Gasteiger partial charge in [-0.25, -0.2) is 8.42 Å². The summed E-state index contributed by atoms with van der Waals surface area (Å²) in [5.41, 5.74) is 0.827. The molecule has 0 radical (unpaired) electrons. The number of rotatable bonds is 4. The molecular weight excluding hydrogens is 294 g/mol. The van der Waals surface area contributed by atoms with Crippen LogP contribution in [0, 0.1) is 0 Å². The van der Waals surface area contributed by atoms with Crippen LogP contribution in [0.15, 0.2) is 18.2 Å². The van der Waals surface area contributed by atoms with Crippen molar-refractivity contribution < 1.29 is 22.7 Å². The first kappa shape index (κ1) is 15.6. The van der Waals surface area contributed by atoms with Gasteiger partial charge in [0.25, 0.3) is 0 Å². The fourth-order valence-electron chi connectivity index (χ4n) is 1.94. The van der Waals surface area contributed by atoms with Crippen molar-refractivity contribution in [1.82, 2.24) is 5.32 Å². The average molecular weight is 313 g/mol. The Balaban J connectivity index is 2.10. The lowest BCUT2D eigenvalue weighted by Crippen LogP contribution is -2.38. The first-order valence-corrected chi connectivity index (χ1v) is 8.63. The van der Waals surface area contributed by atoms with E-state index in [0.29, 0.717) is 24.7 Å². The van der Waals surface area contributed by atoms with Crippen molar-refractivity contribution in [2.24, 2.45) is 0 Å². The molecule has 1 amide bonds. The molecule has 1 aromatic rings. The van der Waals surface area contributed by atoms with Crippen molar-refractivity contribution in [3.63, 3.8) is 0 Å². The largest absolute Gasteiger partial charge is 0.486 e. The van der Waals surface area contributed by atoms with E-state index in [1.54, 1.807) is 19.1 Å². The highest BCUT2D eigenvalue weighted by molar-refractivity contribution is 7.92. The number of hydrogen-bond acceptors (Lipinski definition) is 5. The molecule has 1 aliphatic heterocycles. The van der Waals surface area contributed by atoms with Crippen LogP contribution in [-0.2, 0) is 14.6 Å². The fourth-order valence-corrected chi connectivity index (χ4v) is 2.39. The summed E-state index contributed by atoms with van der Waals surface area (Å²) in [6.45, 7) is 4.17. The minimum absolute atomic E-state index is 0.322. The van der Waals surface area contributed by atoms with E-state index in [4.69, 9.17) is 9.47 Å². The Morgan fingerprint density at radius 3 is 2.43 bits per heavy atom. The zero-order valence-corrected chi connectivity index (χ0v) is 13.1. The van der Waals surface area contributed by atoms with Crippen LogP contribution in [0.2, 0.25) is 0 Å². The molecule has 1 N–H and O–H groups in total. The van der Waals surface area contributed by atoms with E-state index < -0.39 is 21.0 Å². The SMILES string of the molecule is CC(NC(=O)C(C)S(C)(=O)=O)c1ccc2c(c1)OCCO2. The third kappa shape index (κ3) is 3.66. The van der Waals surface area contributed by atoms with Gasteiger partial charge in [-0.3, -0.25) is 4.79 Å². The van der Waals surface area contributed by atoms with Crippen LogP contribution in [-0.4, -0.2) is 39.0 Å². The molecule has 0 bridgehead atoms. The number of fused-ring (bicyclic) bond motifs is 1. The number of benzene rings is 1. The predicted octanol–water partition coefficient (Wildman–Crippen LogP) is 1.07. The summed E-state index contributed by atoms with van der Waals surface area (Å²) in [7, 11) is -3.40. The molecule has 0 aliphatic carbocycles. The zero-order valence-electron chi connectivity index (χ0n) is 12.3. The van der Waals surface area contributed by atoms with Gasteiger partial charge < -0.3 is 14.8 Å². The van der Waals surface area contributed by atoms with Crippen LogP contribution >= 0.6 is 0 Å². The molecule has 6 nitrogen and oxygen atoms in total. The molecule has 21 heavy (non-hydrogen) atoms. The van der Waals surface area contributed by atoms with Crippen molar-refractivity contribution in [3.05, 3.63) is 23.8 Å². The number of carbonyl (C=O) groups excluding carboxylic acids is 1. The lowest BCUT2D eigenvalue weighted by atomic mass is 10.1. The van der Waals surface area contributed by atoms with Crippen LogP contribution in [0.5, 0.6) is 11.5 Å². The van der Waals surface area contributed by atoms with Gasteiger partial charge in [0, 0.05) is 6.26 Å². The Bertz CT molecular complexity index is 641. The normalized spacial score (nSPS) is 16.9. The Morgan fingerprint density at radius 2 is 1.81 bits per heavy atom. The maximum Gasteiger partial charge on any atom is 0.238 e. The second kappa shape index (κ2) is 5.93. The van der Waals surface area contributed by atoms with Gasteiger partial charge in [0.05, 0.1) is 6.04 Å². The summed E-state index contributed by atoms with van der Waals surface area (Å²) in [4.78, 5) is 11.9. The lowest BCUT2D eigenvalue weighted by Gasteiger charge is -2.21. The Hall–Kier alpha value is -1.76. The molecule has 116 valence electrons. The van der Waals surface area contributed by atoms with Crippen molar-refractivity contribution in [2.45, 2.75) is 25.1 Å². The van der Waals surface area contributed by atoms with Crippen molar-refractivity contribution >= 4 is 15.7 Å². The second-order valence-electron chi connectivity index (χ2n) is 5.11. The highest BCUT2D eigenvalue weighted by atomic mass is 32.2. The summed E-state index contributed by atoms with van der Waals surface area (Å²) < 4.78 is 33.7. The molecule has 2 unspecified atom stereocenters. The van der Waals surface area contributed by atoms with Gasteiger partial charge in [-0.2, -0.15) is 0 Å². The smallest absolute Gasteiger partial charge is 0.238 e. The molecule has 2 atom stereocenters. The molecule has 7 heteroatoms. The molecule has 0 saturated carbocycles. The van der Waals surface area contributed by atoms with Crippen LogP contribution in [0.25, 0.3) is 0 Å². The summed E-state index contributed by atoms with van der Waals surface area (Å²) in [5, 5.41) is 1.62. The fraction of sp³-hybridized carbons (Fsp3) is 0.500. The van der Waals surface area contributed by atoms with Gasteiger partial charge in [0.2, 0.25) is 5.91 Å². The first-order valence-electron chi connectivity index (χ1n) is 6.68. The maximum atomic E-state index is 11.9. The van der Waals surface area contributed by atoms with Gasteiger partial charge >= 0.3 is 0 Å². The molecule has 0 spiro atoms. The van der Waals surface area contributed by atoms with Gasteiger partial charge in [-0.05, 0) is 31.5 Å². The second-order valence-corrected chi connectivity index (χ2v) is 7.47. The number of sulfone groups is 1. The maximum absolute atomic E-state index is 11.9. The zero-order chi connectivity index (χ0) is 15.6. The number of ether oxygens (including phenoxy) is 2. The van der Waals surface area contributed by atoms with E-state index in [2.05, 4.69) is 5.32 Å². The van der Waals surface area contributed by atoms with E-state index >= 15 is 0 Å². The highest BCUT2D eigenvalue weighted by Crippen LogP contribution is 2.32. The average Bonchev–Trinajstić information content (AvgIpc) is 2.44. The van der Waals surface area contributed by atoms with Crippen LogP contribution in [0.1, 0.15) is 25.5 Å². The van der Waals surface area contributed by atoms with Crippen molar-refractivity contribution in [2.75, 3.05) is 19.5 Å². The van der Waals surface area contributed by atoms with Crippen LogP contribution in [0.3, 0.4) is 0 Å². The molecular formula is C14H19NO5S. The van der Waals surface area contributed by atoms with Crippen LogP contribution in [0.4, 0.5) is 0 Å². The van der Waals surface area contributed by atoms with Gasteiger partial charge in [0.15, 0.2) is 21.3 Å². The predicted molar refractivity (Wildman–Crippen MR) is 78.3 cm³/mol. The number of amides is 1. The van der Waals surface area contributed by atoms with Gasteiger partial charge in [0.1, 0.15) is 18.5 Å². The Morgan fingerprint density at radius 1 is 1.19 bits per heavy atom. The Labute approximate surface area is 124 Å². The third-order valence-corrected chi connectivity index (χ3v) is 4.93. The third-order valence-electron chi connectivity index (χ3n) is 3.44. The number of hydrogen-bond donors (Lipinski definition) is 1. The van der Waals surface area contributed by atoms with Crippen molar-refractivity contribution in [3.8, 4) is 11.5 Å². The van der Waals surface area contributed by atoms with E-state index in [1.807, 2.05) is 6.07 Å². The topological polar surface area (TPSA) is 81.7 Å². The number of nitrogens with one attached hydrogen (secondary N) is 1. The molecule has 2 rings (SSSR count). The highest BCUT2D eigenvalue weighted by Gasteiger charge is 2.25. The van der Waals surface area contributed by atoms with Crippen LogP contribution < -0.4 is 14.8 Å². The summed E-state index contributed by atoms with van der Waals surface area (Å²) in [6, 6.07) is 5.08. The molecule has 1 aliphatic rings. The molecule has 0 aromatic heterocycles. The molecule has 0 fully saturated rings.